The molecule has 0 aliphatic carbocycles. The molecule has 1 aromatic carbocycles. The molecule has 0 aromatic heterocycles. The highest BCUT2D eigenvalue weighted by molar-refractivity contribution is 7.47. The van der Waals surface area contributed by atoms with Crippen molar-refractivity contribution in [3.63, 3.8) is 0 Å². The number of halogens is 2. The van der Waals surface area contributed by atoms with Gasteiger partial charge >= 0.3 is 15.7 Å². The summed E-state index contributed by atoms with van der Waals surface area (Å²) in [5, 5.41) is 0. The fourth-order valence-corrected chi connectivity index (χ4v) is 1.64. The van der Waals surface area contributed by atoms with Crippen LogP contribution in [0.2, 0.25) is 0 Å². The lowest BCUT2D eigenvalue weighted by Crippen LogP contribution is -1.92. The predicted molar refractivity (Wildman–Crippen MR) is 50.6 cm³/mol. The first kappa shape index (κ1) is 14.1. The highest BCUT2D eigenvalue weighted by Gasteiger charge is 2.24. The Morgan fingerprint density at radius 2 is 1.41 bits per heavy atom. The van der Waals surface area contributed by atoms with Crippen LogP contribution < -0.4 is 9.05 Å². The smallest absolute Gasteiger partial charge is 0.403 e. The van der Waals surface area contributed by atoms with Crippen LogP contribution in [-0.4, -0.2) is 9.79 Å². The number of phosphoric acid groups is 1. The molecular formula is C6H6F2O7P2. The first-order valence-corrected chi connectivity index (χ1v) is 6.83. The summed E-state index contributed by atoms with van der Waals surface area (Å²) in [6.07, 6.45) is 0. The van der Waals surface area contributed by atoms with E-state index in [1.165, 1.54) is 0 Å². The van der Waals surface area contributed by atoms with Gasteiger partial charge in [0.2, 0.25) is 0 Å². The molecule has 0 fully saturated rings. The average Bonchev–Trinajstić information content (AvgIpc) is 2.19. The molecule has 0 bridgehead atoms. The molecule has 0 radical (unpaired) electrons. The third-order valence-corrected chi connectivity index (χ3v) is 2.40. The van der Waals surface area contributed by atoms with E-state index in [4.69, 9.17) is 9.79 Å². The summed E-state index contributed by atoms with van der Waals surface area (Å²) in [7, 11) is -10.0. The molecule has 2 unspecified atom stereocenters. The molecule has 17 heavy (non-hydrogen) atoms. The molecule has 96 valence electrons. The van der Waals surface area contributed by atoms with Gasteiger partial charge in [0, 0.05) is 0 Å². The van der Waals surface area contributed by atoms with Gasteiger partial charge in [-0.2, -0.15) is 0 Å². The van der Waals surface area contributed by atoms with Crippen LogP contribution in [0.3, 0.4) is 0 Å². The van der Waals surface area contributed by atoms with E-state index in [-0.39, 0.29) is 11.5 Å². The Morgan fingerprint density at radius 1 is 1.00 bits per heavy atom. The minimum absolute atomic E-state index is 0.285. The quantitative estimate of drug-likeness (QED) is 0.803. The summed E-state index contributed by atoms with van der Waals surface area (Å²) >= 11 is 0. The normalized spacial score (nSPS) is 17.9. The Morgan fingerprint density at radius 3 is 1.76 bits per heavy atom. The second kappa shape index (κ2) is 5.12. The van der Waals surface area contributed by atoms with E-state index in [0.717, 1.165) is 24.3 Å². The van der Waals surface area contributed by atoms with Gasteiger partial charge in [0.25, 0.3) is 0 Å². The van der Waals surface area contributed by atoms with E-state index >= 15 is 0 Å². The third kappa shape index (κ3) is 5.25. The summed E-state index contributed by atoms with van der Waals surface area (Å²) in [6, 6.07) is 3.89. The van der Waals surface area contributed by atoms with Crippen LogP contribution in [0.25, 0.3) is 0 Å². The van der Waals surface area contributed by atoms with Gasteiger partial charge in [-0.05, 0) is 28.8 Å². The van der Waals surface area contributed by atoms with Crippen LogP contribution >= 0.6 is 15.7 Å². The lowest BCUT2D eigenvalue weighted by Gasteiger charge is -2.08. The largest absolute Gasteiger partial charge is 0.567 e. The van der Waals surface area contributed by atoms with E-state index in [9.17, 15) is 17.9 Å². The molecule has 0 amide bonds. The van der Waals surface area contributed by atoms with Crippen LogP contribution in [0.15, 0.2) is 24.3 Å². The molecule has 0 aliphatic rings. The van der Waals surface area contributed by atoms with Crippen LogP contribution in [0.4, 0.5) is 8.72 Å². The highest BCUT2D eigenvalue weighted by Crippen LogP contribution is 2.46. The molecule has 0 heterocycles. The summed E-state index contributed by atoms with van der Waals surface area (Å²) in [5.41, 5.74) is 0. The van der Waals surface area contributed by atoms with Gasteiger partial charge in [-0.1, -0.05) is 4.73 Å². The SMILES string of the molecule is O=P(O)(F)Oc1ccc(OP(=O)(O)OF)cc1. The van der Waals surface area contributed by atoms with Gasteiger partial charge in [-0.15, -0.1) is 4.20 Å². The summed E-state index contributed by atoms with van der Waals surface area (Å²) < 4.78 is 55.3. The third-order valence-electron chi connectivity index (χ3n) is 1.35. The minimum Gasteiger partial charge on any atom is -0.403 e. The van der Waals surface area contributed by atoms with Crippen LogP contribution in [-0.2, 0) is 13.9 Å². The van der Waals surface area contributed by atoms with Crippen molar-refractivity contribution >= 4 is 15.7 Å². The number of hydrogen-bond acceptors (Lipinski definition) is 5. The Kier molecular flexibility index (Phi) is 4.24. The maximum Gasteiger partial charge on any atom is 0.567 e. The lowest BCUT2D eigenvalue weighted by molar-refractivity contribution is -0.0363. The molecule has 7 nitrogen and oxygen atoms in total. The van der Waals surface area contributed by atoms with Gasteiger partial charge in [0.05, 0.1) is 0 Å². The van der Waals surface area contributed by atoms with Crippen LogP contribution in [0.1, 0.15) is 0 Å². The van der Waals surface area contributed by atoms with Gasteiger partial charge in [-0.3, -0.25) is 9.79 Å². The number of rotatable bonds is 5. The Hall–Kier alpha value is -0.980. The van der Waals surface area contributed by atoms with E-state index < -0.39 is 15.7 Å². The van der Waals surface area contributed by atoms with Gasteiger partial charge in [-0.25, -0.2) is 9.13 Å². The van der Waals surface area contributed by atoms with Crippen molar-refractivity contribution < 1.29 is 41.4 Å². The molecule has 11 heteroatoms. The standard InChI is InChI=1S/C6H6F2O7P2/c7-15-17(11,12)14-6-3-1-5(2-4-6)13-16(8,9)10/h1-4H,(H,9,10)(H,11,12). The topological polar surface area (TPSA) is 102 Å². The second-order valence-electron chi connectivity index (χ2n) is 2.64. The molecule has 2 N–H and O–H groups in total. The number of hydrogen-bond donors (Lipinski definition) is 2. The molecule has 2 atom stereocenters. The van der Waals surface area contributed by atoms with E-state index in [1.54, 1.807) is 0 Å². The van der Waals surface area contributed by atoms with Gasteiger partial charge in [0.15, 0.2) is 0 Å². The van der Waals surface area contributed by atoms with E-state index in [2.05, 4.69) is 13.8 Å². The van der Waals surface area contributed by atoms with Crippen molar-refractivity contribution in [2.75, 3.05) is 0 Å². The number of phosphoric ester groups is 1. The average molecular weight is 290 g/mol. The zero-order chi connectivity index (χ0) is 13.1. The minimum atomic E-state index is -5.18. The maximum atomic E-state index is 12.2. The molecule has 0 spiro atoms. The Balaban J connectivity index is 2.75. The first-order chi connectivity index (χ1) is 7.72. The Labute approximate surface area is 93.7 Å². The Bertz CT molecular complexity index is 470. The fraction of sp³-hybridized carbons (Fsp3) is 0. The van der Waals surface area contributed by atoms with Gasteiger partial charge in [0.1, 0.15) is 11.5 Å². The van der Waals surface area contributed by atoms with Crippen molar-refractivity contribution in [3.05, 3.63) is 24.3 Å². The fourth-order valence-electron chi connectivity index (χ4n) is 0.839. The molecule has 0 saturated carbocycles. The monoisotopic (exact) mass is 290 g/mol. The van der Waals surface area contributed by atoms with Crippen molar-refractivity contribution in [1.29, 1.82) is 0 Å². The molecule has 1 aromatic rings. The van der Waals surface area contributed by atoms with Crippen LogP contribution in [0.5, 0.6) is 11.5 Å². The highest BCUT2D eigenvalue weighted by atomic mass is 31.2. The van der Waals surface area contributed by atoms with E-state index in [0.29, 0.717) is 0 Å². The second-order valence-corrected chi connectivity index (χ2v) is 4.99. The lowest BCUT2D eigenvalue weighted by atomic mass is 10.3. The summed E-state index contributed by atoms with van der Waals surface area (Å²) in [5.74, 6) is -0.605. The molecule has 0 saturated heterocycles. The summed E-state index contributed by atoms with van der Waals surface area (Å²) in [4.78, 5) is 16.8. The van der Waals surface area contributed by atoms with Crippen molar-refractivity contribution in [2.45, 2.75) is 0 Å². The predicted octanol–water partition coefficient (Wildman–Crippen LogP) is 2.52. The van der Waals surface area contributed by atoms with Crippen molar-refractivity contribution in [2.24, 2.45) is 0 Å². The zero-order valence-electron chi connectivity index (χ0n) is 7.90. The van der Waals surface area contributed by atoms with E-state index in [1.807, 2.05) is 0 Å². The number of benzene rings is 1. The zero-order valence-corrected chi connectivity index (χ0v) is 9.68. The van der Waals surface area contributed by atoms with Crippen LogP contribution in [0, 0.1) is 0 Å². The molecular weight excluding hydrogens is 284 g/mol. The van der Waals surface area contributed by atoms with Crippen molar-refractivity contribution in [1.82, 2.24) is 0 Å². The van der Waals surface area contributed by atoms with Gasteiger partial charge < -0.3 is 9.05 Å². The first-order valence-electron chi connectivity index (χ1n) is 3.87. The van der Waals surface area contributed by atoms with Crippen molar-refractivity contribution in [3.8, 4) is 11.5 Å². The molecule has 1 rings (SSSR count). The molecule has 0 aliphatic heterocycles. The maximum absolute atomic E-state index is 12.2. The summed E-state index contributed by atoms with van der Waals surface area (Å²) in [6.45, 7) is 0.